The van der Waals surface area contributed by atoms with Crippen LogP contribution in [0.1, 0.15) is 23.2 Å². The van der Waals surface area contributed by atoms with Crippen molar-refractivity contribution in [2.75, 3.05) is 18.5 Å². The Hall–Kier alpha value is -1.90. The molecular formula is C12H15ClN4O4. The van der Waals surface area contributed by atoms with Crippen LogP contribution in [0.4, 0.5) is 11.4 Å². The number of aliphatic hydroxyl groups is 1. The summed E-state index contributed by atoms with van der Waals surface area (Å²) >= 11 is 5.92. The maximum atomic E-state index is 12.4. The third kappa shape index (κ3) is 3.23. The number of piperidine rings is 1. The number of nitrogen functional groups attached to an aromatic ring is 1. The molecular weight excluding hydrogens is 300 g/mol. The number of nitrogens with one attached hydrogen (secondary N) is 1. The number of rotatable bonds is 3. The highest BCUT2D eigenvalue weighted by Crippen LogP contribution is 2.33. The van der Waals surface area contributed by atoms with Crippen LogP contribution in [0.3, 0.4) is 0 Å². The van der Waals surface area contributed by atoms with Gasteiger partial charge in [0.2, 0.25) is 0 Å². The number of hydrogen-bond acceptors (Lipinski definition) is 6. The molecule has 1 amide bonds. The van der Waals surface area contributed by atoms with E-state index in [0.717, 1.165) is 6.07 Å². The summed E-state index contributed by atoms with van der Waals surface area (Å²) in [5, 5.41) is 20.6. The molecule has 0 spiro atoms. The van der Waals surface area contributed by atoms with Gasteiger partial charge in [0, 0.05) is 24.7 Å². The van der Waals surface area contributed by atoms with E-state index in [4.69, 9.17) is 17.4 Å². The zero-order chi connectivity index (χ0) is 15.6. The molecule has 4 N–H and O–H groups in total. The number of aliphatic hydroxyl groups excluding tert-OH is 1. The second-order valence-corrected chi connectivity index (χ2v) is 5.21. The highest BCUT2D eigenvalue weighted by Gasteiger charge is 2.26. The lowest BCUT2D eigenvalue weighted by molar-refractivity contribution is -0.384. The van der Waals surface area contributed by atoms with Gasteiger partial charge in [-0.2, -0.15) is 0 Å². The molecule has 1 atom stereocenters. The van der Waals surface area contributed by atoms with Crippen molar-refractivity contribution in [3.05, 3.63) is 32.8 Å². The van der Waals surface area contributed by atoms with Crippen LogP contribution in [0.15, 0.2) is 12.1 Å². The Kier molecular flexibility index (Phi) is 4.61. The first-order chi connectivity index (χ1) is 9.93. The summed E-state index contributed by atoms with van der Waals surface area (Å²) in [5.74, 6) is 4.81. The number of hydrazine groups is 1. The van der Waals surface area contributed by atoms with Crippen LogP contribution in [0.2, 0.25) is 5.02 Å². The smallest absolute Gasteiger partial charge is 0.295 e. The monoisotopic (exact) mass is 314 g/mol. The van der Waals surface area contributed by atoms with E-state index in [-0.39, 0.29) is 28.5 Å². The van der Waals surface area contributed by atoms with Crippen molar-refractivity contribution < 1.29 is 14.8 Å². The van der Waals surface area contributed by atoms with Crippen LogP contribution < -0.4 is 11.3 Å². The lowest BCUT2D eigenvalue weighted by Gasteiger charge is -2.30. The van der Waals surface area contributed by atoms with Gasteiger partial charge >= 0.3 is 0 Å². The fraction of sp³-hybridized carbons (Fsp3) is 0.417. The summed E-state index contributed by atoms with van der Waals surface area (Å²) in [6.45, 7) is 0.708. The number of halogens is 1. The van der Waals surface area contributed by atoms with Crippen molar-refractivity contribution in [2.45, 2.75) is 18.9 Å². The molecule has 0 radical (unpaired) electrons. The molecule has 1 saturated heterocycles. The molecule has 9 heteroatoms. The molecule has 1 aromatic rings. The molecule has 21 heavy (non-hydrogen) atoms. The number of carbonyl (C=O) groups excluding carboxylic acids is 1. The molecule has 0 saturated carbocycles. The van der Waals surface area contributed by atoms with Crippen molar-refractivity contribution in [3.8, 4) is 0 Å². The number of nitrogens with two attached hydrogens (primary N) is 1. The van der Waals surface area contributed by atoms with E-state index in [1.54, 1.807) is 0 Å². The average Bonchev–Trinajstić information content (AvgIpc) is 2.45. The number of amides is 1. The van der Waals surface area contributed by atoms with Gasteiger partial charge in [0.1, 0.15) is 5.69 Å². The number of hydrogen-bond donors (Lipinski definition) is 3. The summed E-state index contributed by atoms with van der Waals surface area (Å²) in [5.41, 5.74) is 1.84. The molecule has 1 fully saturated rings. The minimum absolute atomic E-state index is 0.00684. The number of nitro groups is 1. The number of β-amino-alcohol motifs (C(OH)–C–C–N with tert-alkyl or cyclic N) is 1. The maximum absolute atomic E-state index is 12.4. The van der Waals surface area contributed by atoms with Gasteiger partial charge in [-0.15, -0.1) is 0 Å². The van der Waals surface area contributed by atoms with Gasteiger partial charge in [0.05, 0.1) is 16.0 Å². The van der Waals surface area contributed by atoms with Crippen molar-refractivity contribution in [1.29, 1.82) is 0 Å². The summed E-state index contributed by atoms with van der Waals surface area (Å²) in [6.07, 6.45) is 0.754. The van der Waals surface area contributed by atoms with E-state index in [0.29, 0.717) is 19.4 Å². The lowest BCUT2D eigenvalue weighted by atomic mass is 10.1. The van der Waals surface area contributed by atoms with Crippen molar-refractivity contribution in [2.24, 2.45) is 5.84 Å². The van der Waals surface area contributed by atoms with Crippen LogP contribution in [-0.4, -0.2) is 40.0 Å². The second kappa shape index (κ2) is 6.25. The van der Waals surface area contributed by atoms with Crippen molar-refractivity contribution in [1.82, 2.24) is 4.90 Å². The molecule has 114 valence electrons. The first kappa shape index (κ1) is 15.5. The second-order valence-electron chi connectivity index (χ2n) is 4.80. The number of nitrogens with zero attached hydrogens (tertiary/aromatic N) is 2. The largest absolute Gasteiger partial charge is 0.391 e. The molecule has 2 rings (SSSR count). The highest BCUT2D eigenvalue weighted by atomic mass is 35.5. The minimum Gasteiger partial charge on any atom is -0.391 e. The van der Waals surface area contributed by atoms with Crippen LogP contribution in [-0.2, 0) is 0 Å². The summed E-state index contributed by atoms with van der Waals surface area (Å²) < 4.78 is 0. The highest BCUT2D eigenvalue weighted by molar-refractivity contribution is 6.34. The third-order valence-electron chi connectivity index (χ3n) is 3.34. The summed E-state index contributed by atoms with van der Waals surface area (Å²) in [6, 6.07) is 2.46. The van der Waals surface area contributed by atoms with E-state index < -0.39 is 16.9 Å². The topological polar surface area (TPSA) is 122 Å². The number of benzene rings is 1. The first-order valence-electron chi connectivity index (χ1n) is 6.36. The van der Waals surface area contributed by atoms with Gasteiger partial charge in [-0.3, -0.25) is 20.8 Å². The molecule has 1 aliphatic heterocycles. The molecule has 1 unspecified atom stereocenters. The molecule has 0 bridgehead atoms. The van der Waals surface area contributed by atoms with Crippen LogP contribution in [0.5, 0.6) is 0 Å². The summed E-state index contributed by atoms with van der Waals surface area (Å²) in [7, 11) is 0. The van der Waals surface area contributed by atoms with Crippen LogP contribution in [0.25, 0.3) is 0 Å². The molecule has 1 aliphatic rings. The Bertz CT molecular complexity index is 581. The molecule has 8 nitrogen and oxygen atoms in total. The van der Waals surface area contributed by atoms with Crippen LogP contribution >= 0.6 is 11.6 Å². The zero-order valence-corrected chi connectivity index (χ0v) is 11.8. The lowest BCUT2D eigenvalue weighted by Crippen LogP contribution is -2.42. The van der Waals surface area contributed by atoms with Crippen molar-refractivity contribution in [3.63, 3.8) is 0 Å². The van der Waals surface area contributed by atoms with E-state index in [1.165, 1.54) is 11.0 Å². The Morgan fingerprint density at radius 2 is 2.29 bits per heavy atom. The Balaban J connectivity index is 2.35. The van der Waals surface area contributed by atoms with Gasteiger partial charge in [0.25, 0.3) is 11.6 Å². The third-order valence-corrected chi connectivity index (χ3v) is 3.64. The van der Waals surface area contributed by atoms with Gasteiger partial charge in [-0.05, 0) is 18.9 Å². The van der Waals surface area contributed by atoms with Gasteiger partial charge in [-0.1, -0.05) is 11.6 Å². The van der Waals surface area contributed by atoms with Gasteiger partial charge in [0.15, 0.2) is 0 Å². The van der Waals surface area contributed by atoms with E-state index >= 15 is 0 Å². The average molecular weight is 315 g/mol. The zero-order valence-electron chi connectivity index (χ0n) is 11.1. The molecule has 0 aromatic heterocycles. The Labute approximate surface area is 125 Å². The van der Waals surface area contributed by atoms with E-state index in [2.05, 4.69) is 5.43 Å². The van der Waals surface area contributed by atoms with Gasteiger partial charge in [-0.25, -0.2) is 0 Å². The summed E-state index contributed by atoms with van der Waals surface area (Å²) in [4.78, 5) is 24.2. The molecule has 1 heterocycles. The number of carbonyl (C=O) groups is 1. The van der Waals surface area contributed by atoms with Crippen LogP contribution in [0, 0.1) is 10.1 Å². The number of anilines is 1. The number of nitro benzene ring substituents is 1. The maximum Gasteiger partial charge on any atom is 0.295 e. The standard InChI is InChI=1S/C12H15ClN4O4/c13-9-4-7(5-10(17(20)21)11(9)15-14)12(19)16-3-1-2-8(18)6-16/h4-5,8,15,18H,1-3,6,14H2. The van der Waals surface area contributed by atoms with Crippen molar-refractivity contribution >= 4 is 28.9 Å². The quantitative estimate of drug-likeness (QED) is 0.437. The minimum atomic E-state index is -0.664. The fourth-order valence-electron chi connectivity index (χ4n) is 2.32. The Morgan fingerprint density at radius 1 is 1.57 bits per heavy atom. The normalized spacial score (nSPS) is 18.4. The van der Waals surface area contributed by atoms with E-state index in [1.807, 2.05) is 0 Å². The number of likely N-dealkylation sites (tertiary alicyclic amines) is 1. The van der Waals surface area contributed by atoms with E-state index in [9.17, 15) is 20.0 Å². The fourth-order valence-corrected chi connectivity index (χ4v) is 2.59. The SMILES string of the molecule is NNc1c(Cl)cc(C(=O)N2CCCC(O)C2)cc1[N+](=O)[O-]. The molecule has 1 aromatic carbocycles. The van der Waals surface area contributed by atoms with Gasteiger partial charge < -0.3 is 15.4 Å². The first-order valence-corrected chi connectivity index (χ1v) is 6.73. The molecule has 0 aliphatic carbocycles. The Morgan fingerprint density at radius 3 is 2.86 bits per heavy atom. The predicted octanol–water partition coefficient (Wildman–Crippen LogP) is 1.13. The predicted molar refractivity (Wildman–Crippen MR) is 77.1 cm³/mol.